The minimum atomic E-state index is -0.123. The number of rotatable bonds is 5. The fourth-order valence-electron chi connectivity index (χ4n) is 3.85. The normalized spacial score (nSPS) is 11.0. The van der Waals surface area contributed by atoms with Crippen LogP contribution in [-0.4, -0.2) is 10.6 Å². The van der Waals surface area contributed by atoms with E-state index in [4.69, 9.17) is 0 Å². The molecule has 0 unspecified atom stereocenters. The molecule has 0 aliphatic heterocycles. The summed E-state index contributed by atoms with van der Waals surface area (Å²) in [5, 5.41) is 1.11. The van der Waals surface area contributed by atoms with Crippen molar-refractivity contribution in [3.8, 4) is 11.1 Å². The molecule has 1 aromatic heterocycles. The molecule has 0 aliphatic rings. The SMILES string of the molecule is Cc1ccc(C(=O)Nn2cc(Sc3ccc(-c4ccccc4)cc3)c3ccccc32)cc1C. The Morgan fingerprint density at radius 3 is 2.21 bits per heavy atom. The van der Waals surface area contributed by atoms with Gasteiger partial charge < -0.3 is 0 Å². The summed E-state index contributed by atoms with van der Waals surface area (Å²) in [5.41, 5.74) is 9.36. The van der Waals surface area contributed by atoms with Crippen molar-refractivity contribution in [2.24, 2.45) is 0 Å². The van der Waals surface area contributed by atoms with E-state index in [2.05, 4.69) is 60.0 Å². The zero-order chi connectivity index (χ0) is 22.8. The van der Waals surface area contributed by atoms with Gasteiger partial charge >= 0.3 is 0 Å². The van der Waals surface area contributed by atoms with Crippen LogP contribution in [-0.2, 0) is 0 Å². The van der Waals surface area contributed by atoms with Crippen LogP contribution < -0.4 is 5.43 Å². The molecular weight excluding hydrogens is 424 g/mol. The number of benzene rings is 4. The number of aromatic nitrogens is 1. The van der Waals surface area contributed by atoms with E-state index in [-0.39, 0.29) is 5.91 Å². The lowest BCUT2D eigenvalue weighted by molar-refractivity contribution is 0.101. The maximum absolute atomic E-state index is 12.9. The number of nitrogens with one attached hydrogen (secondary N) is 1. The highest BCUT2D eigenvalue weighted by molar-refractivity contribution is 7.99. The summed E-state index contributed by atoms with van der Waals surface area (Å²) in [6.07, 6.45) is 2.00. The fourth-order valence-corrected chi connectivity index (χ4v) is 4.82. The van der Waals surface area contributed by atoms with Crippen LogP contribution in [0.3, 0.4) is 0 Å². The molecule has 0 spiro atoms. The number of carbonyl (C=O) groups excluding carboxylic acids is 1. The molecule has 0 aliphatic carbocycles. The highest BCUT2D eigenvalue weighted by Crippen LogP contribution is 2.35. The Bertz CT molecular complexity index is 1440. The number of hydrogen-bond acceptors (Lipinski definition) is 2. The Kier molecular flexibility index (Phi) is 5.76. The van der Waals surface area contributed by atoms with Crippen LogP contribution >= 0.6 is 11.8 Å². The summed E-state index contributed by atoms with van der Waals surface area (Å²) in [7, 11) is 0. The molecule has 162 valence electrons. The summed E-state index contributed by atoms with van der Waals surface area (Å²) in [6.45, 7) is 4.07. The van der Waals surface area contributed by atoms with Crippen molar-refractivity contribution < 1.29 is 4.79 Å². The third-order valence-corrected chi connectivity index (χ3v) is 6.91. The third kappa shape index (κ3) is 4.43. The summed E-state index contributed by atoms with van der Waals surface area (Å²) < 4.78 is 1.83. The Hall–Kier alpha value is -3.76. The lowest BCUT2D eigenvalue weighted by atomic mass is 10.1. The van der Waals surface area contributed by atoms with E-state index >= 15 is 0 Å². The smallest absolute Gasteiger partial charge is 0.267 e. The molecule has 0 fully saturated rings. The third-order valence-electron chi connectivity index (χ3n) is 5.86. The summed E-state index contributed by atoms with van der Waals surface area (Å²) in [6, 6.07) is 32.9. The van der Waals surface area contributed by atoms with E-state index in [0.717, 1.165) is 26.3 Å². The molecule has 0 saturated carbocycles. The van der Waals surface area contributed by atoms with Crippen LogP contribution in [0.1, 0.15) is 21.5 Å². The standard InChI is InChI=1S/C29H24N2OS/c1-20-12-13-24(18-21(20)2)29(32)30-31-19-28(26-10-6-7-11-27(26)31)33-25-16-14-23(15-17-25)22-8-4-3-5-9-22/h3-19H,1-2H3,(H,30,32). The number of hydrogen-bond donors (Lipinski definition) is 1. The van der Waals surface area contributed by atoms with Crippen molar-refractivity contribution in [1.29, 1.82) is 0 Å². The van der Waals surface area contributed by atoms with Gasteiger partial charge in [-0.15, -0.1) is 0 Å². The maximum Gasteiger partial charge on any atom is 0.270 e. The number of aryl methyl sites for hydroxylation is 2. The second kappa shape index (κ2) is 9.00. The van der Waals surface area contributed by atoms with Gasteiger partial charge in [0, 0.05) is 26.9 Å². The van der Waals surface area contributed by atoms with Crippen molar-refractivity contribution in [3.63, 3.8) is 0 Å². The van der Waals surface area contributed by atoms with Gasteiger partial charge in [-0.1, -0.05) is 78.5 Å². The number of amides is 1. The number of nitrogens with zero attached hydrogens (tertiary/aromatic N) is 1. The summed E-state index contributed by atoms with van der Waals surface area (Å²) in [5.74, 6) is -0.123. The van der Waals surface area contributed by atoms with Crippen molar-refractivity contribution in [2.45, 2.75) is 23.6 Å². The van der Waals surface area contributed by atoms with Crippen LogP contribution in [0.25, 0.3) is 22.0 Å². The zero-order valence-electron chi connectivity index (χ0n) is 18.6. The zero-order valence-corrected chi connectivity index (χ0v) is 19.4. The van der Waals surface area contributed by atoms with Gasteiger partial charge in [0.05, 0.1) is 5.52 Å². The monoisotopic (exact) mass is 448 g/mol. The highest BCUT2D eigenvalue weighted by Gasteiger charge is 2.13. The van der Waals surface area contributed by atoms with Gasteiger partial charge in [0.2, 0.25) is 0 Å². The van der Waals surface area contributed by atoms with Gasteiger partial charge in [0.1, 0.15) is 0 Å². The Balaban J connectivity index is 1.41. The molecule has 5 aromatic rings. The second-order valence-electron chi connectivity index (χ2n) is 8.11. The summed E-state index contributed by atoms with van der Waals surface area (Å²) in [4.78, 5) is 15.2. The van der Waals surface area contributed by atoms with E-state index in [1.165, 1.54) is 16.7 Å². The van der Waals surface area contributed by atoms with Crippen LogP contribution in [0.4, 0.5) is 0 Å². The minimum absolute atomic E-state index is 0.123. The molecule has 33 heavy (non-hydrogen) atoms. The molecule has 4 aromatic carbocycles. The van der Waals surface area contributed by atoms with Crippen molar-refractivity contribution in [1.82, 2.24) is 4.68 Å². The lowest BCUT2D eigenvalue weighted by Gasteiger charge is -2.09. The van der Waals surface area contributed by atoms with Gasteiger partial charge in [-0.05, 0) is 66.4 Å². The molecule has 5 rings (SSSR count). The Morgan fingerprint density at radius 2 is 1.45 bits per heavy atom. The molecule has 3 nitrogen and oxygen atoms in total. The Labute approximate surface area is 198 Å². The molecule has 4 heteroatoms. The molecule has 0 radical (unpaired) electrons. The molecule has 0 saturated heterocycles. The quantitative estimate of drug-likeness (QED) is 0.303. The first-order valence-electron chi connectivity index (χ1n) is 10.9. The molecule has 1 amide bonds. The first kappa shape index (κ1) is 21.1. The Morgan fingerprint density at radius 1 is 0.758 bits per heavy atom. The number of para-hydroxylation sites is 1. The second-order valence-corrected chi connectivity index (χ2v) is 9.23. The van der Waals surface area contributed by atoms with Gasteiger partial charge in [-0.25, -0.2) is 0 Å². The average Bonchev–Trinajstić information content (AvgIpc) is 3.19. The van der Waals surface area contributed by atoms with Crippen LogP contribution in [0.5, 0.6) is 0 Å². The summed E-state index contributed by atoms with van der Waals surface area (Å²) >= 11 is 1.70. The van der Waals surface area contributed by atoms with E-state index < -0.39 is 0 Å². The van der Waals surface area contributed by atoms with Crippen LogP contribution in [0.2, 0.25) is 0 Å². The largest absolute Gasteiger partial charge is 0.270 e. The van der Waals surface area contributed by atoms with Gasteiger partial charge in [0.25, 0.3) is 5.91 Å². The van der Waals surface area contributed by atoms with E-state index in [1.54, 1.807) is 11.8 Å². The predicted octanol–water partition coefficient (Wildman–Crippen LogP) is 7.46. The van der Waals surface area contributed by atoms with Crippen molar-refractivity contribution in [3.05, 3.63) is 120 Å². The van der Waals surface area contributed by atoms with Crippen LogP contribution in [0.15, 0.2) is 113 Å². The van der Waals surface area contributed by atoms with Gasteiger partial charge in [-0.3, -0.25) is 14.9 Å². The molecule has 0 bridgehead atoms. The predicted molar refractivity (Wildman–Crippen MR) is 138 cm³/mol. The molecule has 0 atom stereocenters. The minimum Gasteiger partial charge on any atom is -0.267 e. The maximum atomic E-state index is 12.9. The average molecular weight is 449 g/mol. The number of fused-ring (bicyclic) bond motifs is 1. The number of carbonyl (C=O) groups is 1. The highest BCUT2D eigenvalue weighted by atomic mass is 32.2. The first-order valence-corrected chi connectivity index (χ1v) is 11.7. The van der Waals surface area contributed by atoms with E-state index in [1.807, 2.05) is 67.2 Å². The lowest BCUT2D eigenvalue weighted by Crippen LogP contribution is -2.22. The molecular formula is C29H24N2OS. The van der Waals surface area contributed by atoms with E-state index in [0.29, 0.717) is 5.56 Å². The van der Waals surface area contributed by atoms with Crippen LogP contribution in [0, 0.1) is 13.8 Å². The van der Waals surface area contributed by atoms with E-state index in [9.17, 15) is 4.79 Å². The molecule has 1 heterocycles. The fraction of sp³-hybridized carbons (Fsp3) is 0.0690. The first-order chi connectivity index (χ1) is 16.1. The van der Waals surface area contributed by atoms with Gasteiger partial charge in [-0.2, -0.15) is 0 Å². The van der Waals surface area contributed by atoms with Crippen molar-refractivity contribution >= 4 is 28.6 Å². The van der Waals surface area contributed by atoms with Crippen molar-refractivity contribution in [2.75, 3.05) is 5.43 Å². The molecule has 1 N–H and O–H groups in total. The van der Waals surface area contributed by atoms with Gasteiger partial charge in [0.15, 0.2) is 0 Å². The topological polar surface area (TPSA) is 34.0 Å².